The SMILES string of the molecule is CCN(CCNC)c1cccc(C(=O)N2CCC(c3ccccc3F)CC2)n1. The van der Waals surface area contributed by atoms with Crippen molar-refractivity contribution in [3.8, 4) is 0 Å². The summed E-state index contributed by atoms with van der Waals surface area (Å²) in [7, 11) is 1.92. The van der Waals surface area contributed by atoms with Gasteiger partial charge in [-0.05, 0) is 56.5 Å². The average Bonchev–Trinajstić information content (AvgIpc) is 2.74. The molecule has 1 aromatic heterocycles. The fourth-order valence-corrected chi connectivity index (χ4v) is 3.76. The smallest absolute Gasteiger partial charge is 0.272 e. The molecule has 5 nitrogen and oxygen atoms in total. The number of halogens is 1. The first-order valence-electron chi connectivity index (χ1n) is 10.0. The zero-order chi connectivity index (χ0) is 19.9. The van der Waals surface area contributed by atoms with E-state index in [4.69, 9.17) is 0 Å². The molecular formula is C22H29FN4O. The van der Waals surface area contributed by atoms with Crippen LogP contribution in [0.5, 0.6) is 0 Å². The number of piperidine rings is 1. The lowest BCUT2D eigenvalue weighted by molar-refractivity contribution is 0.0706. The number of nitrogens with one attached hydrogen (secondary N) is 1. The van der Waals surface area contributed by atoms with Crippen molar-refractivity contribution in [2.24, 2.45) is 0 Å². The number of carbonyl (C=O) groups excluding carboxylic acids is 1. The maximum Gasteiger partial charge on any atom is 0.272 e. The molecule has 1 fully saturated rings. The second kappa shape index (κ2) is 9.64. The van der Waals surface area contributed by atoms with Crippen molar-refractivity contribution in [3.05, 3.63) is 59.5 Å². The average molecular weight is 384 g/mol. The number of pyridine rings is 1. The predicted octanol–water partition coefficient (Wildman–Crippen LogP) is 3.29. The van der Waals surface area contributed by atoms with E-state index in [1.54, 1.807) is 12.1 Å². The summed E-state index contributed by atoms with van der Waals surface area (Å²) in [6, 6.07) is 12.6. The summed E-state index contributed by atoms with van der Waals surface area (Å²) in [5.74, 6) is 0.799. The number of amides is 1. The van der Waals surface area contributed by atoms with Crippen molar-refractivity contribution in [1.82, 2.24) is 15.2 Å². The molecule has 0 atom stereocenters. The molecule has 1 aliphatic heterocycles. The largest absolute Gasteiger partial charge is 0.356 e. The third-order valence-electron chi connectivity index (χ3n) is 5.42. The number of aromatic nitrogens is 1. The second-order valence-electron chi connectivity index (χ2n) is 7.15. The van der Waals surface area contributed by atoms with Crippen LogP contribution in [0.3, 0.4) is 0 Å². The van der Waals surface area contributed by atoms with Crippen LogP contribution < -0.4 is 10.2 Å². The van der Waals surface area contributed by atoms with Gasteiger partial charge in [-0.15, -0.1) is 0 Å². The Morgan fingerprint density at radius 2 is 1.96 bits per heavy atom. The van der Waals surface area contributed by atoms with E-state index in [0.717, 1.165) is 43.9 Å². The van der Waals surface area contributed by atoms with Crippen LogP contribution >= 0.6 is 0 Å². The van der Waals surface area contributed by atoms with E-state index >= 15 is 0 Å². The van der Waals surface area contributed by atoms with Gasteiger partial charge in [-0.1, -0.05) is 24.3 Å². The van der Waals surface area contributed by atoms with Crippen LogP contribution in [0.25, 0.3) is 0 Å². The van der Waals surface area contributed by atoms with Gasteiger partial charge in [0.1, 0.15) is 17.3 Å². The molecule has 1 N–H and O–H groups in total. The summed E-state index contributed by atoms with van der Waals surface area (Å²) >= 11 is 0. The minimum Gasteiger partial charge on any atom is -0.356 e. The minimum atomic E-state index is -0.150. The van der Waals surface area contributed by atoms with Crippen LogP contribution in [-0.2, 0) is 0 Å². The monoisotopic (exact) mass is 384 g/mol. The molecule has 1 aliphatic rings. The Morgan fingerprint density at radius 3 is 2.64 bits per heavy atom. The van der Waals surface area contributed by atoms with Crippen LogP contribution in [0.15, 0.2) is 42.5 Å². The van der Waals surface area contributed by atoms with Gasteiger partial charge in [-0.3, -0.25) is 4.79 Å². The molecule has 3 rings (SSSR count). The molecule has 28 heavy (non-hydrogen) atoms. The number of rotatable bonds is 7. The van der Waals surface area contributed by atoms with Crippen molar-refractivity contribution in [2.45, 2.75) is 25.7 Å². The van der Waals surface area contributed by atoms with E-state index in [0.29, 0.717) is 18.8 Å². The Bertz CT molecular complexity index is 790. The van der Waals surface area contributed by atoms with Crippen molar-refractivity contribution in [2.75, 3.05) is 44.7 Å². The Hall–Kier alpha value is -2.47. The Morgan fingerprint density at radius 1 is 1.21 bits per heavy atom. The first-order chi connectivity index (χ1) is 13.6. The van der Waals surface area contributed by atoms with Gasteiger partial charge in [-0.25, -0.2) is 9.37 Å². The normalized spacial score (nSPS) is 14.9. The molecule has 1 amide bonds. The lowest BCUT2D eigenvalue weighted by atomic mass is 9.89. The number of nitrogens with zero attached hydrogens (tertiary/aromatic N) is 3. The molecule has 0 spiro atoms. The molecule has 1 aromatic carbocycles. The number of benzene rings is 1. The van der Waals surface area contributed by atoms with Gasteiger partial charge >= 0.3 is 0 Å². The number of likely N-dealkylation sites (tertiary alicyclic amines) is 1. The van der Waals surface area contributed by atoms with Crippen LogP contribution in [-0.4, -0.2) is 55.6 Å². The zero-order valence-electron chi connectivity index (χ0n) is 16.7. The lowest BCUT2D eigenvalue weighted by Crippen LogP contribution is -2.38. The molecule has 2 aromatic rings. The third kappa shape index (κ3) is 4.68. The number of carbonyl (C=O) groups is 1. The molecule has 0 bridgehead atoms. The molecule has 0 saturated carbocycles. The van der Waals surface area contributed by atoms with Crippen molar-refractivity contribution < 1.29 is 9.18 Å². The first-order valence-corrected chi connectivity index (χ1v) is 10.0. The highest BCUT2D eigenvalue weighted by Crippen LogP contribution is 2.30. The highest BCUT2D eigenvalue weighted by molar-refractivity contribution is 5.92. The van der Waals surface area contributed by atoms with Gasteiger partial charge in [0, 0.05) is 32.7 Å². The fourth-order valence-electron chi connectivity index (χ4n) is 3.76. The topological polar surface area (TPSA) is 48.5 Å². The quantitative estimate of drug-likeness (QED) is 0.796. The number of hydrogen-bond donors (Lipinski definition) is 1. The van der Waals surface area contributed by atoms with E-state index in [2.05, 4.69) is 22.1 Å². The van der Waals surface area contributed by atoms with Crippen LogP contribution in [0.1, 0.15) is 41.7 Å². The van der Waals surface area contributed by atoms with Gasteiger partial charge in [0.2, 0.25) is 0 Å². The van der Waals surface area contributed by atoms with Crippen LogP contribution in [0.4, 0.5) is 10.2 Å². The molecular weight excluding hydrogens is 355 g/mol. The molecule has 150 valence electrons. The number of anilines is 1. The van der Waals surface area contributed by atoms with Crippen molar-refractivity contribution in [1.29, 1.82) is 0 Å². The van der Waals surface area contributed by atoms with E-state index < -0.39 is 0 Å². The number of likely N-dealkylation sites (N-methyl/N-ethyl adjacent to an activating group) is 2. The predicted molar refractivity (Wildman–Crippen MR) is 110 cm³/mol. The fraction of sp³-hybridized carbons (Fsp3) is 0.455. The summed E-state index contributed by atoms with van der Waals surface area (Å²) in [6.45, 7) is 5.87. The Balaban J connectivity index is 1.65. The Kier molecular flexibility index (Phi) is 6.98. The van der Waals surface area contributed by atoms with E-state index in [1.807, 2.05) is 36.2 Å². The summed E-state index contributed by atoms with van der Waals surface area (Å²) in [4.78, 5) is 21.5. The number of hydrogen-bond acceptors (Lipinski definition) is 4. The minimum absolute atomic E-state index is 0.0431. The van der Waals surface area contributed by atoms with Crippen molar-refractivity contribution in [3.63, 3.8) is 0 Å². The summed E-state index contributed by atoms with van der Waals surface area (Å²) < 4.78 is 14.0. The molecule has 1 saturated heterocycles. The third-order valence-corrected chi connectivity index (χ3v) is 5.42. The second-order valence-corrected chi connectivity index (χ2v) is 7.15. The Labute approximate surface area is 166 Å². The van der Waals surface area contributed by atoms with Gasteiger partial charge in [0.25, 0.3) is 5.91 Å². The summed E-state index contributed by atoms with van der Waals surface area (Å²) in [6.07, 6.45) is 1.55. The molecule has 0 unspecified atom stereocenters. The van der Waals surface area contributed by atoms with Crippen molar-refractivity contribution >= 4 is 11.7 Å². The van der Waals surface area contributed by atoms with Crippen LogP contribution in [0.2, 0.25) is 0 Å². The van der Waals surface area contributed by atoms with Crippen LogP contribution in [0, 0.1) is 5.82 Å². The highest BCUT2D eigenvalue weighted by Gasteiger charge is 2.26. The van der Waals surface area contributed by atoms with Gasteiger partial charge in [0.15, 0.2) is 0 Å². The molecule has 0 aliphatic carbocycles. The van der Waals surface area contributed by atoms with E-state index in [9.17, 15) is 9.18 Å². The maximum atomic E-state index is 14.0. The zero-order valence-corrected chi connectivity index (χ0v) is 16.7. The molecule has 6 heteroatoms. The highest BCUT2D eigenvalue weighted by atomic mass is 19.1. The first kappa shape index (κ1) is 20.3. The molecule has 0 radical (unpaired) electrons. The lowest BCUT2D eigenvalue weighted by Gasteiger charge is -2.32. The summed E-state index contributed by atoms with van der Waals surface area (Å²) in [5, 5.41) is 3.14. The van der Waals surface area contributed by atoms with E-state index in [-0.39, 0.29) is 17.6 Å². The van der Waals surface area contributed by atoms with Gasteiger partial charge in [0.05, 0.1) is 0 Å². The van der Waals surface area contributed by atoms with Gasteiger partial charge in [-0.2, -0.15) is 0 Å². The molecule has 2 heterocycles. The van der Waals surface area contributed by atoms with Gasteiger partial charge < -0.3 is 15.1 Å². The maximum absolute atomic E-state index is 14.0. The van der Waals surface area contributed by atoms with E-state index in [1.165, 1.54) is 6.07 Å². The standard InChI is InChI=1S/C22H29FN4O/c1-3-26(16-13-24-2)21-10-6-9-20(25-21)22(28)27-14-11-17(12-15-27)18-7-4-5-8-19(18)23/h4-10,17,24H,3,11-16H2,1-2H3. The summed E-state index contributed by atoms with van der Waals surface area (Å²) in [5.41, 5.74) is 1.24.